The van der Waals surface area contributed by atoms with Crippen LogP contribution in [0.5, 0.6) is 0 Å². The van der Waals surface area contributed by atoms with Crippen molar-refractivity contribution in [2.75, 3.05) is 0 Å². The van der Waals surface area contributed by atoms with Gasteiger partial charge in [-0.2, -0.15) is 0 Å². The van der Waals surface area contributed by atoms with E-state index in [1.54, 1.807) is 18.3 Å². The molecule has 0 fully saturated rings. The third-order valence-electron chi connectivity index (χ3n) is 5.17. The number of rotatable bonds is 4. The van der Waals surface area contributed by atoms with Gasteiger partial charge in [-0.25, -0.2) is 0 Å². The van der Waals surface area contributed by atoms with Gasteiger partial charge in [-0.3, -0.25) is 9.20 Å². The summed E-state index contributed by atoms with van der Waals surface area (Å²) in [6.07, 6.45) is 1.80. The first-order valence-corrected chi connectivity index (χ1v) is 9.79. The van der Waals surface area contributed by atoms with E-state index in [0.29, 0.717) is 22.1 Å². The van der Waals surface area contributed by atoms with E-state index >= 15 is 0 Å². The third-order valence-corrected chi connectivity index (χ3v) is 5.50. The quantitative estimate of drug-likeness (QED) is 0.511. The molecule has 2 aromatic carbocycles. The highest BCUT2D eigenvalue weighted by Gasteiger charge is 2.15. The fourth-order valence-electron chi connectivity index (χ4n) is 3.26. The molecule has 1 unspecified atom stereocenters. The zero-order chi connectivity index (χ0) is 20.5. The van der Waals surface area contributed by atoms with Crippen molar-refractivity contribution in [1.82, 2.24) is 19.9 Å². The normalized spacial score (nSPS) is 12.1. The Kier molecular flexibility index (Phi) is 5.07. The summed E-state index contributed by atoms with van der Waals surface area (Å²) in [7, 11) is 0. The number of pyridine rings is 1. The maximum absolute atomic E-state index is 12.8. The zero-order valence-corrected chi connectivity index (χ0v) is 17.2. The first kappa shape index (κ1) is 19.2. The van der Waals surface area contributed by atoms with Crippen molar-refractivity contribution in [3.8, 4) is 11.4 Å². The maximum atomic E-state index is 12.8. The van der Waals surface area contributed by atoms with Gasteiger partial charge < -0.3 is 5.32 Å². The van der Waals surface area contributed by atoms with Crippen LogP contribution < -0.4 is 5.32 Å². The van der Waals surface area contributed by atoms with E-state index in [-0.39, 0.29) is 11.9 Å². The van der Waals surface area contributed by atoms with Crippen molar-refractivity contribution in [3.05, 3.63) is 88.1 Å². The number of carbonyl (C=O) groups excluding carboxylic acids is 1. The van der Waals surface area contributed by atoms with Crippen LogP contribution in [0.1, 0.15) is 40.0 Å². The molecular formula is C23H21ClN4O. The summed E-state index contributed by atoms with van der Waals surface area (Å²) >= 11 is 6.29. The average molecular weight is 405 g/mol. The molecule has 1 atom stereocenters. The highest BCUT2D eigenvalue weighted by Crippen LogP contribution is 2.26. The lowest BCUT2D eigenvalue weighted by atomic mass is 10.0. The summed E-state index contributed by atoms with van der Waals surface area (Å²) in [4.78, 5) is 12.8. The molecule has 29 heavy (non-hydrogen) atoms. The van der Waals surface area contributed by atoms with E-state index in [1.165, 1.54) is 11.1 Å². The van der Waals surface area contributed by atoms with Crippen molar-refractivity contribution in [3.63, 3.8) is 0 Å². The van der Waals surface area contributed by atoms with Crippen LogP contribution in [-0.2, 0) is 0 Å². The summed E-state index contributed by atoms with van der Waals surface area (Å²) in [6, 6.07) is 17.1. The third kappa shape index (κ3) is 3.74. The minimum absolute atomic E-state index is 0.102. The predicted octanol–water partition coefficient (Wildman–Crippen LogP) is 5.16. The van der Waals surface area contributed by atoms with Crippen LogP contribution in [0.4, 0.5) is 0 Å². The van der Waals surface area contributed by atoms with Gasteiger partial charge in [-0.1, -0.05) is 41.9 Å². The molecular weight excluding hydrogens is 384 g/mol. The first-order chi connectivity index (χ1) is 13.9. The zero-order valence-electron chi connectivity index (χ0n) is 16.5. The minimum Gasteiger partial charge on any atom is -0.346 e. The highest BCUT2D eigenvalue weighted by molar-refractivity contribution is 6.33. The summed E-state index contributed by atoms with van der Waals surface area (Å²) in [5, 5.41) is 12.1. The largest absolute Gasteiger partial charge is 0.346 e. The van der Waals surface area contributed by atoms with Gasteiger partial charge in [-0.15, -0.1) is 10.2 Å². The van der Waals surface area contributed by atoms with E-state index < -0.39 is 0 Å². The molecule has 4 aromatic rings. The highest BCUT2D eigenvalue weighted by atomic mass is 35.5. The molecule has 1 N–H and O–H groups in total. The summed E-state index contributed by atoms with van der Waals surface area (Å²) in [5.74, 6) is 0.488. The summed E-state index contributed by atoms with van der Waals surface area (Å²) in [5.41, 5.74) is 5.44. The molecule has 0 radical (unpaired) electrons. The molecule has 1 amide bonds. The van der Waals surface area contributed by atoms with Gasteiger partial charge in [0.15, 0.2) is 11.5 Å². The molecule has 6 heteroatoms. The summed E-state index contributed by atoms with van der Waals surface area (Å²) in [6.45, 7) is 6.13. The molecule has 5 nitrogen and oxygen atoms in total. The first-order valence-electron chi connectivity index (χ1n) is 9.42. The van der Waals surface area contributed by atoms with Crippen LogP contribution in [0.2, 0.25) is 5.02 Å². The lowest BCUT2D eigenvalue weighted by Gasteiger charge is -2.16. The predicted molar refractivity (Wildman–Crippen MR) is 115 cm³/mol. The fraction of sp³-hybridized carbons (Fsp3) is 0.174. The van der Waals surface area contributed by atoms with Gasteiger partial charge in [0, 0.05) is 17.3 Å². The Morgan fingerprint density at radius 1 is 1.03 bits per heavy atom. The molecule has 0 saturated heterocycles. The van der Waals surface area contributed by atoms with Gasteiger partial charge in [-0.05, 0) is 61.7 Å². The molecule has 0 saturated carbocycles. The fourth-order valence-corrected chi connectivity index (χ4v) is 3.48. The standard InChI is InChI=1S/C23H21ClN4O/c1-14-8-9-17(12-15(14)2)16(3)25-23(29)18-10-11-28-21(13-18)26-27-22(28)19-6-4-5-7-20(19)24/h4-13,16H,1-3H3,(H,25,29). The number of nitrogens with zero attached hydrogens (tertiary/aromatic N) is 3. The van der Waals surface area contributed by atoms with Crippen LogP contribution >= 0.6 is 11.6 Å². The van der Waals surface area contributed by atoms with Crippen LogP contribution in [0.25, 0.3) is 17.0 Å². The van der Waals surface area contributed by atoms with Gasteiger partial charge in [0.1, 0.15) is 0 Å². The van der Waals surface area contributed by atoms with Crippen LogP contribution in [0.15, 0.2) is 60.8 Å². The van der Waals surface area contributed by atoms with Crippen LogP contribution in [0.3, 0.4) is 0 Å². The second kappa shape index (κ2) is 7.68. The molecule has 4 rings (SSSR count). The number of hydrogen-bond donors (Lipinski definition) is 1. The van der Waals surface area contributed by atoms with Crippen molar-refractivity contribution in [2.24, 2.45) is 0 Å². The molecule has 0 spiro atoms. The van der Waals surface area contributed by atoms with E-state index in [1.807, 2.05) is 41.7 Å². The van der Waals surface area contributed by atoms with Crippen molar-refractivity contribution < 1.29 is 4.79 Å². The number of amides is 1. The van der Waals surface area contributed by atoms with Crippen LogP contribution in [0, 0.1) is 13.8 Å². The minimum atomic E-state index is -0.152. The van der Waals surface area contributed by atoms with Crippen molar-refractivity contribution >= 4 is 23.2 Å². The average Bonchev–Trinajstić information content (AvgIpc) is 3.13. The van der Waals surface area contributed by atoms with E-state index in [0.717, 1.165) is 11.1 Å². The lowest BCUT2D eigenvalue weighted by Crippen LogP contribution is -2.26. The number of fused-ring (bicyclic) bond motifs is 1. The number of carbonyl (C=O) groups is 1. The molecule has 2 heterocycles. The van der Waals surface area contributed by atoms with Gasteiger partial charge in [0.2, 0.25) is 0 Å². The SMILES string of the molecule is Cc1ccc(C(C)NC(=O)c2ccn3c(-c4ccccc4Cl)nnc3c2)cc1C. The number of nitrogens with one attached hydrogen (secondary N) is 1. The van der Waals surface area contributed by atoms with Gasteiger partial charge in [0.05, 0.1) is 11.1 Å². The number of benzene rings is 2. The van der Waals surface area contributed by atoms with E-state index in [9.17, 15) is 4.79 Å². The van der Waals surface area contributed by atoms with E-state index in [4.69, 9.17) is 11.6 Å². The molecule has 0 aliphatic carbocycles. The van der Waals surface area contributed by atoms with E-state index in [2.05, 4.69) is 41.5 Å². The topological polar surface area (TPSA) is 59.3 Å². The van der Waals surface area contributed by atoms with Crippen LogP contribution in [-0.4, -0.2) is 20.5 Å². The molecule has 0 aliphatic heterocycles. The maximum Gasteiger partial charge on any atom is 0.251 e. The Morgan fingerprint density at radius 2 is 1.83 bits per heavy atom. The Bertz CT molecular complexity index is 1210. The number of halogens is 1. The molecule has 0 bridgehead atoms. The Hall–Kier alpha value is -3.18. The number of aromatic nitrogens is 3. The Labute approximate surface area is 174 Å². The van der Waals surface area contributed by atoms with Gasteiger partial charge in [0.25, 0.3) is 5.91 Å². The van der Waals surface area contributed by atoms with Gasteiger partial charge >= 0.3 is 0 Å². The smallest absolute Gasteiger partial charge is 0.251 e. The second-order valence-corrected chi connectivity index (χ2v) is 7.59. The Balaban J connectivity index is 1.59. The van der Waals surface area contributed by atoms with Crippen molar-refractivity contribution in [1.29, 1.82) is 0 Å². The molecule has 2 aromatic heterocycles. The lowest BCUT2D eigenvalue weighted by molar-refractivity contribution is 0.0940. The monoisotopic (exact) mass is 404 g/mol. The molecule has 0 aliphatic rings. The summed E-state index contributed by atoms with van der Waals surface area (Å²) < 4.78 is 1.82. The second-order valence-electron chi connectivity index (χ2n) is 7.19. The van der Waals surface area contributed by atoms with Crippen molar-refractivity contribution in [2.45, 2.75) is 26.8 Å². The Morgan fingerprint density at radius 3 is 2.59 bits per heavy atom. The number of aryl methyl sites for hydroxylation is 2. The molecule has 146 valence electrons. The number of hydrogen-bond acceptors (Lipinski definition) is 3.